The fourth-order valence-electron chi connectivity index (χ4n) is 12.5. The second-order valence-corrected chi connectivity index (χ2v) is 31.3. The second kappa shape index (κ2) is 78.3. The highest BCUT2D eigenvalue weighted by Crippen LogP contribution is 2.43. The van der Waals surface area contributed by atoms with Gasteiger partial charge >= 0.3 is 19.8 Å². The van der Waals surface area contributed by atoms with Crippen molar-refractivity contribution in [3.8, 4) is 0 Å². The van der Waals surface area contributed by atoms with E-state index in [0.717, 1.165) is 89.9 Å². The SMILES string of the molecule is CC/C=C\C/C=C\C/C=C\C/C=C\C/C=C\C/C=C\C/C=C\CCCCCCCCCCCCCC(=O)OC(COC(=O)CCCCCCCCCCCCCCCCCCCCCCCCCCCCCCCCCCCCCCCCCCC)COP(=O)(O)OCC[N+](C)(C)C. The smallest absolute Gasteiger partial charge is 0.462 e. The van der Waals surface area contributed by atoms with Crippen LogP contribution < -0.4 is 0 Å². The first-order valence-corrected chi connectivity index (χ1v) is 43.8. The molecule has 98 heavy (non-hydrogen) atoms. The maximum absolute atomic E-state index is 12.9. The molecule has 0 radical (unpaired) electrons. The minimum absolute atomic E-state index is 0.0300. The number of quaternary nitrogens is 1. The average molecular weight is 1390 g/mol. The fourth-order valence-corrected chi connectivity index (χ4v) is 13.3. The Morgan fingerprint density at radius 1 is 0.327 bits per heavy atom. The first-order chi connectivity index (χ1) is 48.0. The summed E-state index contributed by atoms with van der Waals surface area (Å²) in [5.41, 5.74) is 0. The van der Waals surface area contributed by atoms with Crippen LogP contribution in [0.1, 0.15) is 412 Å². The van der Waals surface area contributed by atoms with Crippen LogP contribution in [0.4, 0.5) is 0 Å². The first kappa shape index (κ1) is 95.2. The normalized spacial score (nSPS) is 13.4. The number of hydrogen-bond donors (Lipinski definition) is 1. The summed E-state index contributed by atoms with van der Waals surface area (Å²) in [4.78, 5) is 36.0. The molecular formula is C88H163NO8P+. The first-order valence-electron chi connectivity index (χ1n) is 42.3. The molecule has 0 heterocycles. The molecule has 0 aromatic carbocycles. The third-order valence-electron chi connectivity index (χ3n) is 18.9. The topological polar surface area (TPSA) is 108 Å². The zero-order valence-electron chi connectivity index (χ0n) is 65.5. The van der Waals surface area contributed by atoms with Crippen LogP contribution in [-0.2, 0) is 32.7 Å². The van der Waals surface area contributed by atoms with Crippen molar-refractivity contribution in [1.29, 1.82) is 0 Å². The molecule has 0 rings (SSSR count). The molecule has 0 aliphatic rings. The van der Waals surface area contributed by atoms with Crippen molar-refractivity contribution in [2.45, 2.75) is 418 Å². The summed E-state index contributed by atoms with van der Waals surface area (Å²) in [6, 6.07) is 0. The van der Waals surface area contributed by atoms with Crippen LogP contribution in [0.3, 0.4) is 0 Å². The van der Waals surface area contributed by atoms with Crippen LogP contribution in [0.25, 0.3) is 0 Å². The van der Waals surface area contributed by atoms with Gasteiger partial charge in [-0.3, -0.25) is 18.6 Å². The highest BCUT2D eigenvalue weighted by molar-refractivity contribution is 7.47. The van der Waals surface area contributed by atoms with Crippen molar-refractivity contribution in [2.24, 2.45) is 0 Å². The van der Waals surface area contributed by atoms with Gasteiger partial charge < -0.3 is 18.9 Å². The highest BCUT2D eigenvalue weighted by atomic mass is 31.2. The van der Waals surface area contributed by atoms with E-state index in [1.54, 1.807) is 0 Å². The summed E-state index contributed by atoms with van der Waals surface area (Å²) >= 11 is 0. The molecule has 10 heteroatoms. The van der Waals surface area contributed by atoms with Gasteiger partial charge in [-0.05, 0) is 70.6 Å². The molecule has 0 aliphatic heterocycles. The summed E-state index contributed by atoms with van der Waals surface area (Å²) in [7, 11) is 1.49. The Hall–Kier alpha value is -2.81. The zero-order chi connectivity index (χ0) is 71.1. The maximum Gasteiger partial charge on any atom is 0.472 e. The lowest BCUT2D eigenvalue weighted by Crippen LogP contribution is -2.37. The lowest BCUT2D eigenvalue weighted by Gasteiger charge is -2.24. The quantitative estimate of drug-likeness (QED) is 0.0211. The summed E-state index contributed by atoms with van der Waals surface area (Å²) < 4.78 is 34.8. The lowest BCUT2D eigenvalue weighted by atomic mass is 10.0. The predicted molar refractivity (Wildman–Crippen MR) is 427 cm³/mol. The molecule has 572 valence electrons. The molecule has 0 saturated heterocycles. The fraction of sp³-hybridized carbons (Fsp3) is 0.818. The molecule has 0 bridgehead atoms. The van der Waals surface area contributed by atoms with Crippen molar-refractivity contribution >= 4 is 19.8 Å². The van der Waals surface area contributed by atoms with Crippen LogP contribution in [0, 0.1) is 0 Å². The van der Waals surface area contributed by atoms with Gasteiger partial charge in [0.2, 0.25) is 0 Å². The molecule has 0 aromatic heterocycles. The molecule has 2 atom stereocenters. The van der Waals surface area contributed by atoms with E-state index in [2.05, 4.69) is 98.9 Å². The van der Waals surface area contributed by atoms with Crippen LogP contribution in [0.15, 0.2) is 85.1 Å². The second-order valence-electron chi connectivity index (χ2n) is 29.8. The van der Waals surface area contributed by atoms with Gasteiger partial charge in [0.05, 0.1) is 27.7 Å². The Labute approximate surface area is 609 Å². The third-order valence-corrected chi connectivity index (χ3v) is 19.9. The average Bonchev–Trinajstić information content (AvgIpc) is 1.08. The van der Waals surface area contributed by atoms with Gasteiger partial charge in [0.1, 0.15) is 19.8 Å². The van der Waals surface area contributed by atoms with Gasteiger partial charge in [-0.2, -0.15) is 0 Å². The van der Waals surface area contributed by atoms with Gasteiger partial charge in [-0.1, -0.05) is 414 Å². The van der Waals surface area contributed by atoms with Crippen molar-refractivity contribution in [2.75, 3.05) is 47.5 Å². The standard InChI is InChI=1S/C88H162NO8P/c1-6-8-10-12-14-16-18-20-22-24-26-28-30-32-34-36-38-40-41-42-43-44-45-46-47-49-50-52-54-56-58-60-62-64-66-68-70-72-74-76-78-80-87(90)94-84-86(85-96-98(92,93)95-83-82-89(3,4)5)97-88(91)81-79-77-75-73-71-69-67-65-63-61-59-57-55-53-51-48-39-37-35-33-31-29-27-25-23-21-19-17-15-13-11-9-7-2/h9,11,15,17,21,23,27,29,33,35,39,48,53,55,86H,6-8,10,12-14,16,18-20,22,24-26,28,30-32,34,36-38,40-47,49-52,54,56-85H2,1-5H3/p+1/b11-9-,17-15-,23-21-,29-27-,35-33-,48-39-,55-53-. The summed E-state index contributed by atoms with van der Waals surface area (Å²) in [5.74, 6) is -0.785. The third kappa shape index (κ3) is 82.1. The number of ether oxygens (including phenoxy) is 2. The van der Waals surface area contributed by atoms with Gasteiger partial charge in [0.15, 0.2) is 6.10 Å². The molecule has 0 saturated carbocycles. The predicted octanol–water partition coefficient (Wildman–Crippen LogP) is 28.4. The molecule has 2 unspecified atom stereocenters. The number of rotatable bonds is 79. The van der Waals surface area contributed by atoms with Crippen molar-refractivity contribution < 1.29 is 42.1 Å². The van der Waals surface area contributed by atoms with Crippen molar-refractivity contribution in [3.63, 3.8) is 0 Å². The van der Waals surface area contributed by atoms with Crippen LogP contribution >= 0.6 is 7.82 Å². The Balaban J connectivity index is 3.90. The van der Waals surface area contributed by atoms with E-state index in [0.29, 0.717) is 23.9 Å². The van der Waals surface area contributed by atoms with E-state index < -0.39 is 26.5 Å². The van der Waals surface area contributed by atoms with Crippen LogP contribution in [-0.4, -0.2) is 74.9 Å². The van der Waals surface area contributed by atoms with E-state index in [-0.39, 0.29) is 25.6 Å². The zero-order valence-corrected chi connectivity index (χ0v) is 66.4. The van der Waals surface area contributed by atoms with Crippen molar-refractivity contribution in [1.82, 2.24) is 0 Å². The van der Waals surface area contributed by atoms with E-state index in [9.17, 15) is 19.0 Å². The van der Waals surface area contributed by atoms with E-state index >= 15 is 0 Å². The number of carbonyl (C=O) groups excluding carboxylic acids is 2. The van der Waals surface area contributed by atoms with Gasteiger partial charge in [-0.25, -0.2) is 4.57 Å². The number of phosphoric acid groups is 1. The Kier molecular flexibility index (Phi) is 76.1. The summed E-state index contributed by atoms with van der Waals surface area (Å²) in [6.07, 6.45) is 109. The number of esters is 2. The molecule has 0 amide bonds. The molecule has 9 nitrogen and oxygen atoms in total. The summed E-state index contributed by atoms with van der Waals surface area (Å²) in [6.45, 7) is 4.38. The van der Waals surface area contributed by atoms with E-state index in [1.165, 1.54) is 289 Å². The largest absolute Gasteiger partial charge is 0.472 e. The number of allylic oxidation sites excluding steroid dienone is 14. The van der Waals surface area contributed by atoms with Crippen LogP contribution in [0.2, 0.25) is 0 Å². The maximum atomic E-state index is 12.9. The molecule has 0 fully saturated rings. The number of phosphoric ester groups is 1. The number of unbranched alkanes of at least 4 members (excludes halogenated alkanes) is 51. The van der Waals surface area contributed by atoms with Crippen molar-refractivity contribution in [3.05, 3.63) is 85.1 Å². The van der Waals surface area contributed by atoms with Gasteiger partial charge in [0.25, 0.3) is 0 Å². The monoisotopic (exact) mass is 1390 g/mol. The number of carbonyl (C=O) groups is 2. The minimum atomic E-state index is -4.40. The molecule has 0 aliphatic carbocycles. The molecule has 0 spiro atoms. The van der Waals surface area contributed by atoms with E-state index in [1.807, 2.05) is 21.1 Å². The molecule has 1 N–H and O–H groups in total. The number of hydrogen-bond acceptors (Lipinski definition) is 7. The number of nitrogens with zero attached hydrogens (tertiary/aromatic N) is 1. The van der Waals surface area contributed by atoms with E-state index in [4.69, 9.17) is 18.5 Å². The Morgan fingerprint density at radius 2 is 0.582 bits per heavy atom. The van der Waals surface area contributed by atoms with Crippen LogP contribution in [0.5, 0.6) is 0 Å². The van der Waals surface area contributed by atoms with Gasteiger partial charge in [0, 0.05) is 12.8 Å². The summed E-state index contributed by atoms with van der Waals surface area (Å²) in [5, 5.41) is 0. The lowest BCUT2D eigenvalue weighted by molar-refractivity contribution is -0.870. The minimum Gasteiger partial charge on any atom is -0.462 e. The Morgan fingerprint density at radius 3 is 0.867 bits per heavy atom. The molecular weight excluding hydrogens is 1230 g/mol. The Bertz CT molecular complexity index is 1930. The molecule has 0 aromatic rings. The highest BCUT2D eigenvalue weighted by Gasteiger charge is 2.27. The van der Waals surface area contributed by atoms with Gasteiger partial charge in [-0.15, -0.1) is 0 Å². The number of likely N-dealkylation sites (N-methyl/N-ethyl adjacent to an activating group) is 1.